The van der Waals surface area contributed by atoms with Gasteiger partial charge in [-0.05, 0) is 31.2 Å². The number of halogens is 1. The molecule has 0 aliphatic rings. The van der Waals surface area contributed by atoms with Gasteiger partial charge < -0.3 is 9.72 Å². The number of nitrogens with one attached hydrogen (secondary N) is 1. The fourth-order valence-electron chi connectivity index (χ4n) is 1.29. The summed E-state index contributed by atoms with van der Waals surface area (Å²) in [4.78, 5) is 7.13. The molecule has 4 heteroatoms. The average Bonchev–Trinajstić information content (AvgIpc) is 2.68. The van der Waals surface area contributed by atoms with Crippen molar-refractivity contribution >= 4 is 0 Å². The third kappa shape index (κ3) is 2.15. The predicted molar refractivity (Wildman–Crippen MR) is 55.2 cm³/mol. The van der Waals surface area contributed by atoms with Crippen LogP contribution in [0.15, 0.2) is 30.5 Å². The summed E-state index contributed by atoms with van der Waals surface area (Å²) in [6.07, 6.45) is 1.61. The van der Waals surface area contributed by atoms with E-state index >= 15 is 0 Å². The van der Waals surface area contributed by atoms with Gasteiger partial charge in [0.1, 0.15) is 11.6 Å². The van der Waals surface area contributed by atoms with E-state index in [2.05, 4.69) is 9.97 Å². The molecule has 15 heavy (non-hydrogen) atoms. The van der Waals surface area contributed by atoms with Gasteiger partial charge in [-0.1, -0.05) is 0 Å². The van der Waals surface area contributed by atoms with E-state index in [1.807, 2.05) is 6.92 Å². The van der Waals surface area contributed by atoms with Crippen LogP contribution in [-0.4, -0.2) is 16.6 Å². The van der Waals surface area contributed by atoms with Gasteiger partial charge in [0, 0.05) is 5.56 Å². The van der Waals surface area contributed by atoms with Gasteiger partial charge in [0.25, 0.3) is 0 Å². The van der Waals surface area contributed by atoms with Crippen molar-refractivity contribution in [3.8, 4) is 17.3 Å². The highest BCUT2D eigenvalue weighted by Crippen LogP contribution is 2.18. The predicted octanol–water partition coefficient (Wildman–Crippen LogP) is 2.61. The number of rotatable bonds is 3. The first-order chi connectivity index (χ1) is 7.29. The number of hydrogen-bond donors (Lipinski definition) is 1. The maximum atomic E-state index is 12.7. The Hall–Kier alpha value is -1.84. The van der Waals surface area contributed by atoms with Crippen LogP contribution < -0.4 is 4.74 Å². The van der Waals surface area contributed by atoms with E-state index < -0.39 is 0 Å². The third-order valence-electron chi connectivity index (χ3n) is 1.97. The van der Waals surface area contributed by atoms with Crippen molar-refractivity contribution in [3.63, 3.8) is 0 Å². The highest BCUT2D eigenvalue weighted by atomic mass is 19.1. The highest BCUT2D eigenvalue weighted by molar-refractivity contribution is 5.55. The van der Waals surface area contributed by atoms with Crippen molar-refractivity contribution in [3.05, 3.63) is 36.3 Å². The largest absolute Gasteiger partial charge is 0.478 e. The molecular formula is C11H11FN2O. The van der Waals surface area contributed by atoms with Crippen LogP contribution in [0.1, 0.15) is 6.92 Å². The second-order valence-electron chi connectivity index (χ2n) is 3.04. The minimum atomic E-state index is -0.254. The van der Waals surface area contributed by atoms with E-state index in [1.54, 1.807) is 18.3 Å². The zero-order valence-corrected chi connectivity index (χ0v) is 8.33. The lowest BCUT2D eigenvalue weighted by Gasteiger charge is -1.97. The summed E-state index contributed by atoms with van der Waals surface area (Å²) in [5.74, 6) is 1.05. The molecule has 0 saturated carbocycles. The summed E-state index contributed by atoms with van der Waals surface area (Å²) in [7, 11) is 0. The first-order valence-electron chi connectivity index (χ1n) is 4.73. The number of ether oxygens (including phenoxy) is 1. The zero-order valence-electron chi connectivity index (χ0n) is 8.33. The van der Waals surface area contributed by atoms with Gasteiger partial charge in [0.2, 0.25) is 5.88 Å². The number of benzene rings is 1. The fraction of sp³-hybridized carbons (Fsp3) is 0.182. The molecule has 0 bridgehead atoms. The first kappa shape index (κ1) is 9.71. The molecule has 1 aromatic carbocycles. The fourth-order valence-corrected chi connectivity index (χ4v) is 1.29. The van der Waals surface area contributed by atoms with Gasteiger partial charge in [0.15, 0.2) is 0 Å². The Morgan fingerprint density at radius 1 is 1.33 bits per heavy atom. The normalized spacial score (nSPS) is 10.3. The number of hydrogen-bond acceptors (Lipinski definition) is 2. The Labute approximate surface area is 86.9 Å². The third-order valence-corrected chi connectivity index (χ3v) is 1.97. The van der Waals surface area contributed by atoms with Crippen LogP contribution in [0.2, 0.25) is 0 Å². The van der Waals surface area contributed by atoms with Gasteiger partial charge in [-0.25, -0.2) is 9.37 Å². The van der Waals surface area contributed by atoms with Gasteiger partial charge in [-0.3, -0.25) is 0 Å². The lowest BCUT2D eigenvalue weighted by Crippen LogP contribution is -1.90. The van der Waals surface area contributed by atoms with Crippen molar-refractivity contribution in [2.75, 3.05) is 6.61 Å². The van der Waals surface area contributed by atoms with E-state index in [1.165, 1.54) is 12.1 Å². The molecule has 0 spiro atoms. The average molecular weight is 206 g/mol. The quantitative estimate of drug-likeness (QED) is 0.838. The maximum Gasteiger partial charge on any atom is 0.211 e. The topological polar surface area (TPSA) is 37.9 Å². The van der Waals surface area contributed by atoms with Crippen molar-refractivity contribution in [2.24, 2.45) is 0 Å². The van der Waals surface area contributed by atoms with E-state index in [0.29, 0.717) is 18.3 Å². The molecule has 0 aliphatic heterocycles. The SMILES string of the molecule is CCOc1cnc(-c2ccc(F)cc2)[nH]1. The molecule has 2 rings (SSSR count). The molecule has 0 aliphatic carbocycles. The molecule has 78 valence electrons. The summed E-state index contributed by atoms with van der Waals surface area (Å²) < 4.78 is 17.9. The Morgan fingerprint density at radius 2 is 2.07 bits per heavy atom. The molecule has 0 amide bonds. The first-order valence-corrected chi connectivity index (χ1v) is 4.73. The number of aromatic amines is 1. The van der Waals surface area contributed by atoms with Crippen LogP contribution in [-0.2, 0) is 0 Å². The molecule has 0 radical (unpaired) electrons. The Morgan fingerprint density at radius 3 is 2.73 bits per heavy atom. The summed E-state index contributed by atoms with van der Waals surface area (Å²) in [5, 5.41) is 0. The second-order valence-corrected chi connectivity index (χ2v) is 3.04. The van der Waals surface area contributed by atoms with Crippen molar-refractivity contribution < 1.29 is 9.13 Å². The zero-order chi connectivity index (χ0) is 10.7. The lowest BCUT2D eigenvalue weighted by molar-refractivity contribution is 0.328. The molecule has 1 N–H and O–H groups in total. The van der Waals surface area contributed by atoms with Gasteiger partial charge in [-0.2, -0.15) is 0 Å². The Kier molecular flexibility index (Phi) is 2.67. The van der Waals surface area contributed by atoms with Gasteiger partial charge in [0.05, 0.1) is 12.8 Å². The lowest BCUT2D eigenvalue weighted by atomic mass is 10.2. The van der Waals surface area contributed by atoms with Crippen LogP contribution in [0.4, 0.5) is 4.39 Å². The highest BCUT2D eigenvalue weighted by Gasteiger charge is 2.03. The minimum Gasteiger partial charge on any atom is -0.478 e. The number of nitrogens with zero attached hydrogens (tertiary/aromatic N) is 1. The molecule has 1 heterocycles. The molecule has 1 aromatic heterocycles. The molecule has 0 fully saturated rings. The molecule has 2 aromatic rings. The molecule has 3 nitrogen and oxygen atoms in total. The number of imidazole rings is 1. The summed E-state index contributed by atoms with van der Waals surface area (Å²) in [6, 6.07) is 6.14. The van der Waals surface area contributed by atoms with Gasteiger partial charge >= 0.3 is 0 Å². The van der Waals surface area contributed by atoms with E-state index in [9.17, 15) is 4.39 Å². The van der Waals surface area contributed by atoms with Crippen LogP contribution in [0.5, 0.6) is 5.88 Å². The summed E-state index contributed by atoms with van der Waals surface area (Å²) in [5.41, 5.74) is 0.836. The maximum absolute atomic E-state index is 12.7. The Bertz CT molecular complexity index is 436. The molecule has 0 atom stereocenters. The van der Waals surface area contributed by atoms with E-state index in [0.717, 1.165) is 5.56 Å². The molecular weight excluding hydrogens is 195 g/mol. The summed E-state index contributed by atoms with van der Waals surface area (Å²) >= 11 is 0. The smallest absolute Gasteiger partial charge is 0.211 e. The number of aromatic nitrogens is 2. The van der Waals surface area contributed by atoms with E-state index in [4.69, 9.17) is 4.74 Å². The summed E-state index contributed by atoms with van der Waals surface area (Å²) in [6.45, 7) is 2.49. The van der Waals surface area contributed by atoms with Crippen molar-refractivity contribution in [2.45, 2.75) is 6.92 Å². The van der Waals surface area contributed by atoms with Crippen LogP contribution >= 0.6 is 0 Å². The standard InChI is InChI=1S/C11H11FN2O/c1-2-15-10-7-13-11(14-10)8-3-5-9(12)6-4-8/h3-7H,2H2,1H3,(H,13,14). The van der Waals surface area contributed by atoms with Crippen molar-refractivity contribution in [1.82, 2.24) is 9.97 Å². The van der Waals surface area contributed by atoms with Crippen LogP contribution in [0.3, 0.4) is 0 Å². The minimum absolute atomic E-state index is 0.254. The van der Waals surface area contributed by atoms with Crippen molar-refractivity contribution in [1.29, 1.82) is 0 Å². The van der Waals surface area contributed by atoms with Gasteiger partial charge in [-0.15, -0.1) is 0 Å². The molecule has 0 unspecified atom stereocenters. The Balaban J connectivity index is 2.25. The number of H-pyrrole nitrogens is 1. The molecule has 0 saturated heterocycles. The van der Waals surface area contributed by atoms with Crippen LogP contribution in [0.25, 0.3) is 11.4 Å². The van der Waals surface area contributed by atoms with E-state index in [-0.39, 0.29) is 5.82 Å². The second kappa shape index (κ2) is 4.13. The monoisotopic (exact) mass is 206 g/mol. The van der Waals surface area contributed by atoms with Crippen LogP contribution in [0, 0.1) is 5.82 Å².